The van der Waals surface area contributed by atoms with Crippen molar-refractivity contribution in [2.24, 2.45) is 0 Å². The highest BCUT2D eigenvalue weighted by molar-refractivity contribution is 7.13. The first-order valence-corrected chi connectivity index (χ1v) is 7.29. The molecule has 1 aromatic carbocycles. The van der Waals surface area contributed by atoms with Crippen LogP contribution in [0, 0.1) is 5.82 Å². The summed E-state index contributed by atoms with van der Waals surface area (Å²) in [5.74, 6) is -0.195. The molecule has 0 saturated carbocycles. The molecule has 1 aromatic heterocycles. The summed E-state index contributed by atoms with van der Waals surface area (Å²) >= 11 is 1.33. The maximum Gasteiger partial charge on any atom is 0.171 e. The molecule has 0 aliphatic heterocycles. The van der Waals surface area contributed by atoms with Crippen LogP contribution in [0.25, 0.3) is 0 Å². The largest absolute Gasteiger partial charge is 0.490 e. The van der Waals surface area contributed by atoms with Gasteiger partial charge in [-0.05, 0) is 12.1 Å². The van der Waals surface area contributed by atoms with Crippen molar-refractivity contribution < 1.29 is 18.7 Å². The predicted molar refractivity (Wildman–Crippen MR) is 78.4 cm³/mol. The Hall–Kier alpha value is -1.79. The van der Waals surface area contributed by atoms with Crippen LogP contribution in [0.4, 0.5) is 4.39 Å². The Bertz CT molecular complexity index is 627. The summed E-state index contributed by atoms with van der Waals surface area (Å²) in [5.41, 5.74) is 0.649. The van der Waals surface area contributed by atoms with E-state index in [1.54, 1.807) is 25.3 Å². The smallest absolute Gasteiger partial charge is 0.171 e. The minimum absolute atomic E-state index is 0.0270. The zero-order valence-electron chi connectivity index (χ0n) is 11.9. The van der Waals surface area contributed by atoms with E-state index < -0.39 is 0 Å². The molecule has 0 spiro atoms. The van der Waals surface area contributed by atoms with Crippen LogP contribution in [0.5, 0.6) is 5.75 Å². The summed E-state index contributed by atoms with van der Waals surface area (Å²) in [6.07, 6.45) is 0.517. The van der Waals surface area contributed by atoms with Gasteiger partial charge in [0.05, 0.1) is 28.8 Å². The Morgan fingerprint density at radius 3 is 2.81 bits per heavy atom. The number of rotatable bonds is 7. The van der Waals surface area contributed by atoms with Gasteiger partial charge in [0, 0.05) is 20.5 Å². The predicted octanol–water partition coefficient (Wildman–Crippen LogP) is 3.25. The van der Waals surface area contributed by atoms with Crippen LogP contribution in [-0.2, 0) is 17.8 Å². The molecule has 0 bridgehead atoms. The first-order valence-electron chi connectivity index (χ1n) is 6.47. The van der Waals surface area contributed by atoms with Gasteiger partial charge in [-0.1, -0.05) is 12.1 Å². The van der Waals surface area contributed by atoms with Crippen LogP contribution < -0.4 is 4.74 Å². The van der Waals surface area contributed by atoms with Gasteiger partial charge in [-0.15, -0.1) is 11.3 Å². The van der Waals surface area contributed by atoms with Gasteiger partial charge in [0.15, 0.2) is 17.3 Å². The lowest BCUT2D eigenvalue weighted by Gasteiger charge is -2.05. The molecule has 2 rings (SSSR count). The van der Waals surface area contributed by atoms with Gasteiger partial charge >= 0.3 is 0 Å². The zero-order chi connectivity index (χ0) is 15.2. The molecular weight excluding hydrogens is 293 g/mol. The van der Waals surface area contributed by atoms with E-state index in [0.717, 1.165) is 5.01 Å². The molecule has 0 aliphatic carbocycles. The highest BCUT2D eigenvalue weighted by Crippen LogP contribution is 2.21. The molecule has 0 N–H and O–H groups in total. The zero-order valence-corrected chi connectivity index (χ0v) is 12.7. The van der Waals surface area contributed by atoms with Crippen molar-refractivity contribution in [1.29, 1.82) is 0 Å². The quantitative estimate of drug-likeness (QED) is 0.737. The number of hydrogen-bond donors (Lipinski definition) is 0. The van der Waals surface area contributed by atoms with E-state index in [0.29, 0.717) is 30.2 Å². The van der Waals surface area contributed by atoms with Gasteiger partial charge in [-0.2, -0.15) is 0 Å². The van der Waals surface area contributed by atoms with Crippen molar-refractivity contribution in [1.82, 2.24) is 4.98 Å². The number of thiazole rings is 1. The highest BCUT2D eigenvalue weighted by Gasteiger charge is 2.14. The second kappa shape index (κ2) is 7.28. The third-order valence-corrected chi connectivity index (χ3v) is 4.01. The van der Waals surface area contributed by atoms with Crippen LogP contribution in [0.1, 0.15) is 27.3 Å². The normalized spacial score (nSPS) is 10.6. The number of benzene rings is 1. The topological polar surface area (TPSA) is 48.4 Å². The maximum absolute atomic E-state index is 13.4. The van der Waals surface area contributed by atoms with E-state index in [1.807, 2.05) is 0 Å². The van der Waals surface area contributed by atoms with Crippen LogP contribution >= 0.6 is 11.3 Å². The number of ketones is 1. The number of ether oxygens (including phenoxy) is 2. The SMILES string of the molecule is COCc1nc(CCOc2ccccc2F)sc1C(C)=O. The lowest BCUT2D eigenvalue weighted by molar-refractivity contribution is 0.101. The van der Waals surface area contributed by atoms with Crippen LogP contribution in [0.2, 0.25) is 0 Å². The molecule has 4 nitrogen and oxygen atoms in total. The fraction of sp³-hybridized carbons (Fsp3) is 0.333. The lowest BCUT2D eigenvalue weighted by Crippen LogP contribution is -2.02. The van der Waals surface area contributed by atoms with Crippen molar-refractivity contribution in [3.8, 4) is 5.75 Å². The third-order valence-electron chi connectivity index (χ3n) is 2.75. The third kappa shape index (κ3) is 4.09. The number of hydrogen-bond acceptors (Lipinski definition) is 5. The van der Waals surface area contributed by atoms with Gasteiger partial charge in [0.2, 0.25) is 0 Å². The molecule has 0 unspecified atom stereocenters. The molecule has 0 amide bonds. The molecule has 2 aromatic rings. The summed E-state index contributed by atoms with van der Waals surface area (Å²) in [7, 11) is 1.56. The van der Waals surface area contributed by atoms with Gasteiger partial charge in [-0.3, -0.25) is 4.79 Å². The molecule has 1 heterocycles. The van der Waals surface area contributed by atoms with Crippen molar-refractivity contribution >= 4 is 17.1 Å². The minimum Gasteiger partial charge on any atom is -0.490 e. The minimum atomic E-state index is -0.388. The number of carbonyl (C=O) groups is 1. The van der Waals surface area contributed by atoms with Crippen LogP contribution in [0.15, 0.2) is 24.3 Å². The molecule has 6 heteroatoms. The molecule has 0 atom stereocenters. The van der Waals surface area contributed by atoms with E-state index in [9.17, 15) is 9.18 Å². The van der Waals surface area contributed by atoms with Crippen molar-refractivity contribution in [2.75, 3.05) is 13.7 Å². The fourth-order valence-electron chi connectivity index (χ4n) is 1.83. The monoisotopic (exact) mass is 309 g/mol. The number of para-hydroxylation sites is 1. The molecule has 0 aliphatic rings. The summed E-state index contributed by atoms with van der Waals surface area (Å²) in [6.45, 7) is 2.12. The van der Waals surface area contributed by atoms with Gasteiger partial charge < -0.3 is 9.47 Å². The Labute approximate surface area is 126 Å². The average molecular weight is 309 g/mol. The Balaban J connectivity index is 1.99. The Kier molecular flexibility index (Phi) is 5.41. The highest BCUT2D eigenvalue weighted by atomic mass is 32.1. The summed E-state index contributed by atoms with van der Waals surface area (Å²) < 4.78 is 23.8. The Morgan fingerprint density at radius 1 is 1.38 bits per heavy atom. The standard InChI is InChI=1S/C15H16FNO3S/c1-10(18)15-12(9-19-2)17-14(21-15)7-8-20-13-6-4-3-5-11(13)16/h3-6H,7-9H2,1-2H3. The number of methoxy groups -OCH3 is 1. The molecule has 21 heavy (non-hydrogen) atoms. The summed E-state index contributed by atoms with van der Waals surface area (Å²) in [6, 6.07) is 6.25. The van der Waals surface area contributed by atoms with E-state index in [-0.39, 0.29) is 17.3 Å². The van der Waals surface area contributed by atoms with Crippen molar-refractivity contribution in [2.45, 2.75) is 20.0 Å². The molecule has 0 radical (unpaired) electrons. The van der Waals surface area contributed by atoms with E-state index in [4.69, 9.17) is 9.47 Å². The number of Topliss-reactive ketones (excluding diaryl/α,β-unsaturated/α-hetero) is 1. The van der Waals surface area contributed by atoms with Crippen molar-refractivity contribution in [3.63, 3.8) is 0 Å². The summed E-state index contributed by atoms with van der Waals surface area (Å²) in [4.78, 5) is 16.5. The summed E-state index contributed by atoms with van der Waals surface area (Å²) in [5, 5.41) is 0.781. The molecular formula is C15H16FNO3S. The van der Waals surface area contributed by atoms with Gasteiger partial charge in [0.25, 0.3) is 0 Å². The number of halogens is 1. The van der Waals surface area contributed by atoms with Crippen LogP contribution in [0.3, 0.4) is 0 Å². The number of carbonyl (C=O) groups excluding carboxylic acids is 1. The average Bonchev–Trinajstić information content (AvgIpc) is 2.85. The van der Waals surface area contributed by atoms with Gasteiger partial charge in [0.1, 0.15) is 0 Å². The van der Waals surface area contributed by atoms with E-state index in [1.165, 1.54) is 24.3 Å². The number of aromatic nitrogens is 1. The van der Waals surface area contributed by atoms with Gasteiger partial charge in [-0.25, -0.2) is 9.37 Å². The second-order valence-corrected chi connectivity index (χ2v) is 5.49. The number of nitrogens with zero attached hydrogens (tertiary/aromatic N) is 1. The fourth-order valence-corrected chi connectivity index (χ4v) is 2.77. The molecule has 0 saturated heterocycles. The van der Waals surface area contributed by atoms with E-state index >= 15 is 0 Å². The first-order chi connectivity index (χ1) is 10.1. The first kappa shape index (κ1) is 15.6. The van der Waals surface area contributed by atoms with E-state index in [2.05, 4.69) is 4.98 Å². The lowest BCUT2D eigenvalue weighted by atomic mass is 10.3. The van der Waals surface area contributed by atoms with Crippen LogP contribution in [-0.4, -0.2) is 24.5 Å². The maximum atomic E-state index is 13.4. The molecule has 112 valence electrons. The van der Waals surface area contributed by atoms with Crippen molar-refractivity contribution in [3.05, 3.63) is 45.7 Å². The second-order valence-electron chi connectivity index (χ2n) is 4.40. The Morgan fingerprint density at radius 2 is 2.14 bits per heavy atom. The molecule has 0 fully saturated rings.